The Bertz CT molecular complexity index is 641. The predicted octanol–water partition coefficient (Wildman–Crippen LogP) is 1.88. The summed E-state index contributed by atoms with van der Waals surface area (Å²) in [7, 11) is -1.95. The van der Waals surface area contributed by atoms with Crippen molar-refractivity contribution in [1.29, 1.82) is 0 Å². The second kappa shape index (κ2) is 5.83. The molecule has 2 unspecified atom stereocenters. The monoisotopic (exact) mass is 379 g/mol. The highest BCUT2D eigenvalue weighted by molar-refractivity contribution is 9.10. The van der Waals surface area contributed by atoms with Crippen molar-refractivity contribution in [1.82, 2.24) is 9.21 Å². The number of nitrogen functional groups attached to an aromatic ring is 1. The van der Waals surface area contributed by atoms with Crippen LogP contribution in [0.4, 0.5) is 10.1 Å². The van der Waals surface area contributed by atoms with Crippen molar-refractivity contribution >= 4 is 31.6 Å². The average Bonchev–Trinajstić information content (AvgIpc) is 2.39. The van der Waals surface area contributed by atoms with Crippen LogP contribution in [0.25, 0.3) is 0 Å². The maximum Gasteiger partial charge on any atom is 0.246 e. The number of hydrogen-bond donors (Lipinski definition) is 1. The third kappa shape index (κ3) is 3.08. The zero-order valence-electron chi connectivity index (χ0n) is 12.2. The number of sulfonamides is 1. The van der Waals surface area contributed by atoms with E-state index in [0.29, 0.717) is 13.1 Å². The van der Waals surface area contributed by atoms with E-state index in [9.17, 15) is 12.8 Å². The molecule has 1 aromatic carbocycles. The van der Waals surface area contributed by atoms with Gasteiger partial charge in [0.25, 0.3) is 0 Å². The first-order valence-electron chi connectivity index (χ1n) is 6.61. The van der Waals surface area contributed by atoms with Gasteiger partial charge in [-0.3, -0.25) is 4.90 Å². The summed E-state index contributed by atoms with van der Waals surface area (Å²) >= 11 is 3.00. The fourth-order valence-electron chi connectivity index (χ4n) is 2.46. The molecule has 1 aliphatic heterocycles. The minimum absolute atomic E-state index is 0.0521. The van der Waals surface area contributed by atoms with Crippen molar-refractivity contribution in [3.05, 3.63) is 22.4 Å². The SMILES string of the molecule is CC1CN(S(=O)(=O)c2cc(N)cc(Br)c2F)CC(C)N1C. The van der Waals surface area contributed by atoms with Crippen LogP contribution >= 0.6 is 15.9 Å². The molecule has 1 aromatic rings. The Morgan fingerprint density at radius 1 is 1.29 bits per heavy atom. The van der Waals surface area contributed by atoms with Crippen LogP contribution in [-0.4, -0.2) is 49.8 Å². The van der Waals surface area contributed by atoms with Gasteiger partial charge in [-0.1, -0.05) is 0 Å². The molecule has 2 rings (SSSR count). The summed E-state index contributed by atoms with van der Waals surface area (Å²) in [5.74, 6) is -0.802. The Kier molecular flexibility index (Phi) is 4.63. The predicted molar refractivity (Wildman–Crippen MR) is 84.0 cm³/mol. The van der Waals surface area contributed by atoms with Crippen LogP contribution in [0.3, 0.4) is 0 Å². The molecule has 2 N–H and O–H groups in total. The first kappa shape index (κ1) is 16.7. The molecule has 0 spiro atoms. The van der Waals surface area contributed by atoms with E-state index in [1.807, 2.05) is 20.9 Å². The van der Waals surface area contributed by atoms with Crippen molar-refractivity contribution < 1.29 is 12.8 Å². The lowest BCUT2D eigenvalue weighted by Gasteiger charge is -2.41. The van der Waals surface area contributed by atoms with Gasteiger partial charge in [-0.05, 0) is 49.0 Å². The Hall–Kier alpha value is -0.700. The molecule has 0 saturated carbocycles. The van der Waals surface area contributed by atoms with E-state index in [-0.39, 0.29) is 27.1 Å². The zero-order valence-corrected chi connectivity index (χ0v) is 14.6. The van der Waals surface area contributed by atoms with Crippen LogP contribution < -0.4 is 5.73 Å². The number of halogens is 2. The minimum atomic E-state index is -3.91. The highest BCUT2D eigenvalue weighted by Crippen LogP contribution is 2.29. The van der Waals surface area contributed by atoms with Crippen molar-refractivity contribution in [2.45, 2.75) is 30.8 Å². The molecule has 5 nitrogen and oxygen atoms in total. The molecule has 118 valence electrons. The molecular formula is C13H19BrFN3O2S. The van der Waals surface area contributed by atoms with E-state index in [1.165, 1.54) is 16.4 Å². The highest BCUT2D eigenvalue weighted by atomic mass is 79.9. The zero-order chi connectivity index (χ0) is 15.9. The van der Waals surface area contributed by atoms with Crippen molar-refractivity contribution in [3.63, 3.8) is 0 Å². The van der Waals surface area contributed by atoms with Gasteiger partial charge in [0, 0.05) is 30.9 Å². The lowest BCUT2D eigenvalue weighted by molar-refractivity contribution is 0.105. The van der Waals surface area contributed by atoms with E-state index in [2.05, 4.69) is 20.8 Å². The van der Waals surface area contributed by atoms with Crippen molar-refractivity contribution in [2.75, 3.05) is 25.9 Å². The Morgan fingerprint density at radius 2 is 1.81 bits per heavy atom. The molecule has 0 aromatic heterocycles. The highest BCUT2D eigenvalue weighted by Gasteiger charge is 2.36. The maximum absolute atomic E-state index is 14.2. The van der Waals surface area contributed by atoms with E-state index in [0.717, 1.165) is 0 Å². The van der Waals surface area contributed by atoms with Gasteiger partial charge in [-0.2, -0.15) is 4.31 Å². The topological polar surface area (TPSA) is 66.6 Å². The quantitative estimate of drug-likeness (QED) is 0.796. The molecule has 0 radical (unpaired) electrons. The van der Waals surface area contributed by atoms with Crippen LogP contribution in [-0.2, 0) is 10.0 Å². The summed E-state index contributed by atoms with van der Waals surface area (Å²) in [6.07, 6.45) is 0. The van der Waals surface area contributed by atoms with E-state index >= 15 is 0 Å². The summed E-state index contributed by atoms with van der Waals surface area (Å²) < 4.78 is 41.0. The first-order valence-corrected chi connectivity index (χ1v) is 8.84. The molecular weight excluding hydrogens is 361 g/mol. The molecule has 21 heavy (non-hydrogen) atoms. The Morgan fingerprint density at radius 3 is 2.33 bits per heavy atom. The summed E-state index contributed by atoms with van der Waals surface area (Å²) in [6.45, 7) is 4.55. The number of piperazine rings is 1. The normalized spacial score (nSPS) is 25.2. The van der Waals surface area contributed by atoms with Crippen LogP contribution in [0.2, 0.25) is 0 Å². The van der Waals surface area contributed by atoms with E-state index in [1.54, 1.807) is 0 Å². The fraction of sp³-hybridized carbons (Fsp3) is 0.538. The maximum atomic E-state index is 14.2. The molecule has 0 amide bonds. The lowest BCUT2D eigenvalue weighted by atomic mass is 10.1. The van der Waals surface area contributed by atoms with Crippen LogP contribution in [0.1, 0.15) is 13.8 Å². The van der Waals surface area contributed by atoms with Gasteiger partial charge in [0.1, 0.15) is 4.90 Å². The summed E-state index contributed by atoms with van der Waals surface area (Å²) in [4.78, 5) is 1.73. The number of rotatable bonds is 2. The second-order valence-corrected chi connectivity index (χ2v) is 8.26. The molecule has 0 aliphatic carbocycles. The molecule has 1 saturated heterocycles. The third-order valence-electron chi connectivity index (χ3n) is 3.96. The molecule has 1 aliphatic rings. The van der Waals surface area contributed by atoms with Crippen molar-refractivity contribution in [2.24, 2.45) is 0 Å². The van der Waals surface area contributed by atoms with Crippen molar-refractivity contribution in [3.8, 4) is 0 Å². The number of anilines is 1. The van der Waals surface area contributed by atoms with Gasteiger partial charge in [0.05, 0.1) is 4.47 Å². The van der Waals surface area contributed by atoms with Crippen LogP contribution in [0, 0.1) is 5.82 Å². The Balaban J connectivity index is 2.44. The first-order chi connectivity index (χ1) is 9.64. The average molecular weight is 380 g/mol. The second-order valence-electron chi connectivity index (χ2n) is 5.50. The third-order valence-corrected chi connectivity index (χ3v) is 6.37. The van der Waals surface area contributed by atoms with E-state index < -0.39 is 15.8 Å². The van der Waals surface area contributed by atoms with Gasteiger partial charge < -0.3 is 5.73 Å². The smallest absolute Gasteiger partial charge is 0.246 e. The summed E-state index contributed by atoms with van der Waals surface area (Å²) in [5, 5.41) is 0. The fourth-order valence-corrected chi connectivity index (χ4v) is 4.80. The van der Waals surface area contributed by atoms with Gasteiger partial charge >= 0.3 is 0 Å². The molecule has 2 atom stereocenters. The largest absolute Gasteiger partial charge is 0.399 e. The van der Waals surface area contributed by atoms with Gasteiger partial charge in [-0.15, -0.1) is 0 Å². The van der Waals surface area contributed by atoms with Gasteiger partial charge in [0.2, 0.25) is 10.0 Å². The van der Waals surface area contributed by atoms with Gasteiger partial charge in [-0.25, -0.2) is 12.8 Å². The van der Waals surface area contributed by atoms with Crippen LogP contribution in [0.5, 0.6) is 0 Å². The summed E-state index contributed by atoms with van der Waals surface area (Å²) in [6, 6.07) is 2.65. The van der Waals surface area contributed by atoms with Gasteiger partial charge in [0.15, 0.2) is 5.82 Å². The standard InChI is InChI=1S/C13H19BrFN3O2S/c1-8-6-18(7-9(2)17(8)3)21(19,20)12-5-10(16)4-11(14)13(12)15/h4-5,8-9H,6-7,16H2,1-3H3. The number of hydrogen-bond acceptors (Lipinski definition) is 4. The number of likely N-dealkylation sites (N-methyl/N-ethyl adjacent to an activating group) is 1. The van der Waals surface area contributed by atoms with Crippen LogP contribution in [0.15, 0.2) is 21.5 Å². The number of nitrogens with two attached hydrogens (primary N) is 1. The Labute approximate surface area is 133 Å². The molecule has 1 fully saturated rings. The lowest BCUT2D eigenvalue weighted by Crippen LogP contribution is -2.56. The number of nitrogens with zero attached hydrogens (tertiary/aromatic N) is 2. The van der Waals surface area contributed by atoms with E-state index in [4.69, 9.17) is 5.73 Å². The summed E-state index contributed by atoms with van der Waals surface area (Å²) in [5.41, 5.74) is 5.85. The molecule has 8 heteroatoms. The minimum Gasteiger partial charge on any atom is -0.399 e. The number of benzene rings is 1. The molecule has 0 bridgehead atoms. The molecule has 1 heterocycles.